The van der Waals surface area contributed by atoms with Crippen LogP contribution in [0.1, 0.15) is 52.4 Å². The number of benzene rings is 2. The second-order valence-electron chi connectivity index (χ2n) is 5.89. The summed E-state index contributed by atoms with van der Waals surface area (Å²) in [5.41, 5.74) is 2.49. The maximum atomic E-state index is 6.13. The van der Waals surface area contributed by atoms with Crippen molar-refractivity contribution < 1.29 is 4.74 Å². The highest BCUT2D eigenvalue weighted by atomic mass is 16.5. The summed E-state index contributed by atoms with van der Waals surface area (Å²) in [7, 11) is 0. The molecule has 0 N–H and O–H groups in total. The van der Waals surface area contributed by atoms with E-state index in [-0.39, 0.29) is 0 Å². The fraction of sp³-hybridized carbons (Fsp3) is 0.429. The van der Waals surface area contributed by atoms with Crippen LogP contribution in [0.4, 0.5) is 0 Å². The monoisotopic (exact) mass is 296 g/mol. The summed E-state index contributed by atoms with van der Waals surface area (Å²) in [6.45, 7) is 4.46. The molecule has 0 saturated carbocycles. The quantitative estimate of drug-likeness (QED) is 0.481. The topological polar surface area (TPSA) is 9.23 Å². The molecule has 1 heteroatoms. The van der Waals surface area contributed by atoms with Gasteiger partial charge >= 0.3 is 0 Å². The molecule has 2 aromatic carbocycles. The van der Waals surface area contributed by atoms with E-state index < -0.39 is 0 Å². The predicted molar refractivity (Wildman–Crippen MR) is 95.3 cm³/mol. The van der Waals surface area contributed by atoms with Crippen molar-refractivity contribution in [2.24, 2.45) is 0 Å². The highest BCUT2D eigenvalue weighted by Crippen LogP contribution is 2.23. The van der Waals surface area contributed by atoms with Crippen molar-refractivity contribution in [3.8, 4) is 16.9 Å². The number of rotatable bonds is 9. The van der Waals surface area contributed by atoms with Gasteiger partial charge in [0.05, 0.1) is 6.10 Å². The van der Waals surface area contributed by atoms with Gasteiger partial charge in [-0.25, -0.2) is 0 Å². The Bertz CT molecular complexity index is 515. The van der Waals surface area contributed by atoms with Crippen LogP contribution in [0.15, 0.2) is 54.6 Å². The van der Waals surface area contributed by atoms with Gasteiger partial charge in [0.1, 0.15) is 5.75 Å². The largest absolute Gasteiger partial charge is 0.490 e. The maximum Gasteiger partial charge on any atom is 0.119 e. The molecule has 1 atom stereocenters. The Morgan fingerprint density at radius 3 is 2.09 bits per heavy atom. The first-order chi connectivity index (χ1) is 10.8. The molecule has 0 saturated heterocycles. The normalized spacial score (nSPS) is 12.1. The smallest absolute Gasteiger partial charge is 0.119 e. The van der Waals surface area contributed by atoms with Gasteiger partial charge in [-0.15, -0.1) is 0 Å². The number of ether oxygens (including phenoxy) is 1. The van der Waals surface area contributed by atoms with Gasteiger partial charge in [0, 0.05) is 0 Å². The lowest BCUT2D eigenvalue weighted by atomic mass is 10.1. The standard InChI is InChI=1S/C21H28O/c1-3-5-6-10-13-20(4-2)22-21-16-14-19(15-17-21)18-11-8-7-9-12-18/h7-9,11-12,14-17,20H,3-6,10,13H2,1-2H3. The van der Waals surface area contributed by atoms with E-state index in [2.05, 4.69) is 62.4 Å². The number of hydrogen-bond acceptors (Lipinski definition) is 1. The third-order valence-corrected chi connectivity index (χ3v) is 4.10. The van der Waals surface area contributed by atoms with Crippen LogP contribution in [0.2, 0.25) is 0 Å². The Labute approximate surface area is 135 Å². The number of unbranched alkanes of at least 4 members (excludes halogenated alkanes) is 3. The minimum atomic E-state index is 0.347. The molecular weight excluding hydrogens is 268 g/mol. The third-order valence-electron chi connectivity index (χ3n) is 4.10. The summed E-state index contributed by atoms with van der Waals surface area (Å²) in [6, 6.07) is 18.9. The van der Waals surface area contributed by atoms with Gasteiger partial charge in [0.15, 0.2) is 0 Å². The third kappa shape index (κ3) is 5.22. The summed E-state index contributed by atoms with van der Waals surface area (Å²) in [6.07, 6.45) is 7.81. The van der Waals surface area contributed by atoms with E-state index in [1.165, 1.54) is 36.8 Å². The molecule has 0 heterocycles. The molecule has 0 aromatic heterocycles. The zero-order valence-corrected chi connectivity index (χ0v) is 13.9. The lowest BCUT2D eigenvalue weighted by Gasteiger charge is -2.17. The van der Waals surface area contributed by atoms with Crippen molar-refractivity contribution in [3.05, 3.63) is 54.6 Å². The Morgan fingerprint density at radius 1 is 0.773 bits per heavy atom. The molecule has 2 aromatic rings. The van der Waals surface area contributed by atoms with E-state index in [1.807, 2.05) is 6.07 Å². The number of hydrogen-bond donors (Lipinski definition) is 0. The molecule has 0 bridgehead atoms. The first kappa shape index (κ1) is 16.6. The molecule has 118 valence electrons. The van der Waals surface area contributed by atoms with E-state index in [9.17, 15) is 0 Å². The van der Waals surface area contributed by atoms with Crippen LogP contribution in [-0.2, 0) is 0 Å². The average Bonchev–Trinajstić information content (AvgIpc) is 2.59. The molecule has 0 aliphatic carbocycles. The van der Waals surface area contributed by atoms with Crippen molar-refractivity contribution in [3.63, 3.8) is 0 Å². The van der Waals surface area contributed by atoms with Crippen LogP contribution < -0.4 is 4.74 Å². The molecular formula is C21H28O. The summed E-state index contributed by atoms with van der Waals surface area (Å²) < 4.78 is 6.13. The highest BCUT2D eigenvalue weighted by molar-refractivity contribution is 5.63. The first-order valence-electron chi connectivity index (χ1n) is 8.65. The van der Waals surface area contributed by atoms with Crippen LogP contribution in [0, 0.1) is 0 Å². The average molecular weight is 296 g/mol. The lowest BCUT2D eigenvalue weighted by Crippen LogP contribution is -2.15. The predicted octanol–water partition coefficient (Wildman–Crippen LogP) is 6.48. The summed E-state index contributed by atoms with van der Waals surface area (Å²) in [5.74, 6) is 0.988. The van der Waals surface area contributed by atoms with Crippen molar-refractivity contribution in [2.75, 3.05) is 0 Å². The molecule has 1 nitrogen and oxygen atoms in total. The zero-order chi connectivity index (χ0) is 15.6. The molecule has 0 fully saturated rings. The summed E-state index contributed by atoms with van der Waals surface area (Å²) in [4.78, 5) is 0. The van der Waals surface area contributed by atoms with Gasteiger partial charge in [0.2, 0.25) is 0 Å². The van der Waals surface area contributed by atoms with Crippen molar-refractivity contribution >= 4 is 0 Å². The summed E-state index contributed by atoms with van der Waals surface area (Å²) in [5, 5.41) is 0. The second kappa shape index (κ2) is 9.30. The first-order valence-corrected chi connectivity index (χ1v) is 8.65. The Hall–Kier alpha value is -1.76. The van der Waals surface area contributed by atoms with E-state index in [1.54, 1.807) is 0 Å². The Morgan fingerprint density at radius 2 is 1.45 bits per heavy atom. The molecule has 0 radical (unpaired) electrons. The van der Waals surface area contributed by atoms with E-state index in [0.717, 1.165) is 18.6 Å². The van der Waals surface area contributed by atoms with E-state index in [0.29, 0.717) is 6.10 Å². The fourth-order valence-corrected chi connectivity index (χ4v) is 2.69. The minimum Gasteiger partial charge on any atom is -0.490 e. The van der Waals surface area contributed by atoms with Gasteiger partial charge < -0.3 is 4.74 Å². The van der Waals surface area contributed by atoms with E-state index in [4.69, 9.17) is 4.74 Å². The van der Waals surface area contributed by atoms with Gasteiger partial charge in [-0.2, -0.15) is 0 Å². The van der Waals surface area contributed by atoms with Crippen LogP contribution in [0.5, 0.6) is 5.75 Å². The second-order valence-corrected chi connectivity index (χ2v) is 5.89. The van der Waals surface area contributed by atoms with Crippen molar-refractivity contribution in [2.45, 2.75) is 58.5 Å². The van der Waals surface area contributed by atoms with Crippen LogP contribution in [-0.4, -0.2) is 6.10 Å². The molecule has 0 amide bonds. The minimum absolute atomic E-state index is 0.347. The maximum absolute atomic E-state index is 6.13. The van der Waals surface area contributed by atoms with Gasteiger partial charge in [-0.1, -0.05) is 75.6 Å². The molecule has 0 spiro atoms. The molecule has 0 aliphatic heterocycles. The SMILES string of the molecule is CCCCCCC(CC)Oc1ccc(-c2ccccc2)cc1. The van der Waals surface area contributed by atoms with Gasteiger partial charge in [-0.05, 0) is 42.5 Å². The molecule has 2 rings (SSSR count). The van der Waals surface area contributed by atoms with Crippen LogP contribution in [0.3, 0.4) is 0 Å². The van der Waals surface area contributed by atoms with Gasteiger partial charge in [0.25, 0.3) is 0 Å². The Kier molecular flexibility index (Phi) is 7.02. The molecule has 1 unspecified atom stereocenters. The van der Waals surface area contributed by atoms with Gasteiger partial charge in [-0.3, -0.25) is 0 Å². The van der Waals surface area contributed by atoms with Crippen LogP contribution in [0.25, 0.3) is 11.1 Å². The highest BCUT2D eigenvalue weighted by Gasteiger charge is 2.08. The summed E-state index contributed by atoms with van der Waals surface area (Å²) >= 11 is 0. The zero-order valence-electron chi connectivity index (χ0n) is 13.9. The van der Waals surface area contributed by atoms with E-state index >= 15 is 0 Å². The van der Waals surface area contributed by atoms with Crippen LogP contribution >= 0.6 is 0 Å². The van der Waals surface area contributed by atoms with Crippen molar-refractivity contribution in [1.82, 2.24) is 0 Å². The molecule has 22 heavy (non-hydrogen) atoms. The molecule has 0 aliphatic rings. The lowest BCUT2D eigenvalue weighted by molar-refractivity contribution is 0.182. The van der Waals surface area contributed by atoms with Crippen molar-refractivity contribution in [1.29, 1.82) is 0 Å². The fourth-order valence-electron chi connectivity index (χ4n) is 2.69. The Balaban J connectivity index is 1.89.